The Balaban J connectivity index is 2.14. The Morgan fingerprint density at radius 1 is 1.33 bits per heavy atom. The number of sulfonamides is 1. The van der Waals surface area contributed by atoms with Crippen LogP contribution in [0.2, 0.25) is 0 Å². The number of phenolic OH excluding ortho intramolecular Hbond substituents is 1. The largest absolute Gasteiger partial charge is 0.507 e. The van der Waals surface area contributed by atoms with Gasteiger partial charge in [0.05, 0.1) is 17.5 Å². The molecule has 0 fully saturated rings. The predicted octanol–water partition coefficient (Wildman–Crippen LogP) is 0.0574. The molecule has 112 valence electrons. The topological polar surface area (TPSA) is 113 Å². The first kappa shape index (κ1) is 15.0. The summed E-state index contributed by atoms with van der Waals surface area (Å²) in [7, 11) is -2.33. The van der Waals surface area contributed by atoms with Crippen molar-refractivity contribution in [1.82, 2.24) is 20.0 Å². The van der Waals surface area contributed by atoms with Crippen LogP contribution in [0.3, 0.4) is 0 Å². The average molecular weight is 310 g/mol. The maximum atomic E-state index is 12.0. The average Bonchev–Trinajstić information content (AvgIpc) is 2.78. The summed E-state index contributed by atoms with van der Waals surface area (Å²) < 4.78 is 25.5. The maximum absolute atomic E-state index is 12.0. The molecular formula is C12H14N4O4S. The van der Waals surface area contributed by atoms with Gasteiger partial charge in [-0.05, 0) is 19.1 Å². The maximum Gasteiger partial charge on any atom is 0.269 e. The Kier molecular flexibility index (Phi) is 3.96. The highest BCUT2D eigenvalue weighted by molar-refractivity contribution is 7.89. The minimum absolute atomic E-state index is 0.0388. The first-order valence-electron chi connectivity index (χ1n) is 5.91. The Hall–Kier alpha value is -2.39. The fourth-order valence-electron chi connectivity index (χ4n) is 1.64. The van der Waals surface area contributed by atoms with Crippen LogP contribution in [0.4, 0.5) is 0 Å². The van der Waals surface area contributed by atoms with Crippen LogP contribution >= 0.6 is 0 Å². The molecule has 1 aromatic heterocycles. The number of rotatable bonds is 4. The third-order valence-electron chi connectivity index (χ3n) is 2.93. The van der Waals surface area contributed by atoms with Gasteiger partial charge in [0.1, 0.15) is 10.6 Å². The molecule has 2 aromatic rings. The molecule has 1 aromatic carbocycles. The minimum Gasteiger partial charge on any atom is -0.507 e. The van der Waals surface area contributed by atoms with Gasteiger partial charge in [-0.15, -0.1) is 4.83 Å². The number of aromatic hydroxyl groups is 1. The van der Waals surface area contributed by atoms with Crippen LogP contribution < -0.4 is 10.3 Å². The number of carbonyl (C=O) groups is 1. The number of aryl methyl sites for hydroxylation is 1. The van der Waals surface area contributed by atoms with E-state index in [2.05, 4.69) is 5.10 Å². The standard InChI is InChI=1S/C12H14N4O4S/c1-8-11(7-13-16(8)2)21(19,20)15-14-12(18)9-5-3-4-6-10(9)17/h3-7,15,17H,1-2H3,(H,14,18). The number of benzene rings is 1. The summed E-state index contributed by atoms with van der Waals surface area (Å²) in [6, 6.07) is 5.80. The molecule has 21 heavy (non-hydrogen) atoms. The van der Waals surface area contributed by atoms with Crippen molar-refractivity contribution in [2.45, 2.75) is 11.8 Å². The van der Waals surface area contributed by atoms with E-state index in [1.54, 1.807) is 26.1 Å². The van der Waals surface area contributed by atoms with Crippen LogP contribution in [0.25, 0.3) is 0 Å². The number of aromatic nitrogens is 2. The number of hydrazine groups is 1. The highest BCUT2D eigenvalue weighted by Crippen LogP contribution is 2.15. The second-order valence-electron chi connectivity index (χ2n) is 4.29. The molecule has 8 nitrogen and oxygen atoms in total. The molecule has 0 saturated carbocycles. The van der Waals surface area contributed by atoms with E-state index in [1.165, 1.54) is 23.0 Å². The van der Waals surface area contributed by atoms with Crippen molar-refractivity contribution in [1.29, 1.82) is 0 Å². The monoisotopic (exact) mass is 310 g/mol. The number of nitrogens with one attached hydrogen (secondary N) is 2. The number of hydrogen-bond donors (Lipinski definition) is 3. The summed E-state index contributed by atoms with van der Waals surface area (Å²) in [6.45, 7) is 1.59. The lowest BCUT2D eigenvalue weighted by molar-refractivity contribution is 0.0942. The van der Waals surface area contributed by atoms with Crippen LogP contribution in [0.1, 0.15) is 16.1 Å². The lowest BCUT2D eigenvalue weighted by Crippen LogP contribution is -2.41. The van der Waals surface area contributed by atoms with Crippen LogP contribution in [-0.2, 0) is 17.1 Å². The Labute approximate surface area is 121 Å². The van der Waals surface area contributed by atoms with Gasteiger partial charge in [0.2, 0.25) is 0 Å². The van der Waals surface area contributed by atoms with Crippen molar-refractivity contribution in [3.63, 3.8) is 0 Å². The summed E-state index contributed by atoms with van der Waals surface area (Å²) in [6.07, 6.45) is 1.18. The highest BCUT2D eigenvalue weighted by atomic mass is 32.2. The van der Waals surface area contributed by atoms with Crippen molar-refractivity contribution >= 4 is 15.9 Å². The number of phenols is 1. The highest BCUT2D eigenvalue weighted by Gasteiger charge is 2.21. The van der Waals surface area contributed by atoms with Gasteiger partial charge in [-0.1, -0.05) is 12.1 Å². The molecule has 0 radical (unpaired) electrons. The molecule has 0 saturated heterocycles. The number of amides is 1. The molecule has 0 bridgehead atoms. The van der Waals surface area contributed by atoms with Gasteiger partial charge in [-0.3, -0.25) is 14.9 Å². The summed E-state index contributed by atoms with van der Waals surface area (Å²) in [5.41, 5.74) is 2.43. The Morgan fingerprint density at radius 2 is 2.00 bits per heavy atom. The SMILES string of the molecule is Cc1c(S(=O)(=O)NNC(=O)c2ccccc2O)cnn1C. The number of carbonyl (C=O) groups excluding carboxylic acids is 1. The van der Waals surface area contributed by atoms with Gasteiger partial charge in [-0.2, -0.15) is 5.10 Å². The first-order valence-corrected chi connectivity index (χ1v) is 7.40. The van der Waals surface area contributed by atoms with E-state index in [0.29, 0.717) is 5.69 Å². The number of nitrogens with zero attached hydrogens (tertiary/aromatic N) is 2. The number of para-hydroxylation sites is 1. The number of hydrogen-bond acceptors (Lipinski definition) is 5. The molecule has 9 heteroatoms. The van der Waals surface area contributed by atoms with E-state index in [0.717, 1.165) is 0 Å². The van der Waals surface area contributed by atoms with Gasteiger partial charge in [0.15, 0.2) is 0 Å². The second-order valence-corrected chi connectivity index (χ2v) is 5.95. The first-order chi connectivity index (χ1) is 9.83. The summed E-state index contributed by atoms with van der Waals surface area (Å²) in [4.78, 5) is 13.7. The van der Waals surface area contributed by atoms with Crippen LogP contribution in [0, 0.1) is 6.92 Å². The fourth-order valence-corrected chi connectivity index (χ4v) is 2.69. The van der Waals surface area contributed by atoms with Crippen molar-refractivity contribution in [3.8, 4) is 5.75 Å². The minimum atomic E-state index is -3.93. The van der Waals surface area contributed by atoms with Gasteiger partial charge >= 0.3 is 0 Å². The molecular weight excluding hydrogens is 296 g/mol. The molecule has 0 atom stereocenters. The normalized spacial score (nSPS) is 11.3. The second kappa shape index (κ2) is 5.54. The van der Waals surface area contributed by atoms with Gasteiger partial charge in [-0.25, -0.2) is 8.42 Å². The summed E-state index contributed by atoms with van der Waals surface area (Å²) >= 11 is 0. The van der Waals surface area contributed by atoms with E-state index in [9.17, 15) is 18.3 Å². The summed E-state index contributed by atoms with van der Waals surface area (Å²) in [5, 5.41) is 13.4. The molecule has 0 aliphatic heterocycles. The third kappa shape index (κ3) is 3.03. The molecule has 0 unspecified atom stereocenters. The molecule has 3 N–H and O–H groups in total. The van der Waals surface area contributed by atoms with Crippen LogP contribution in [-0.4, -0.2) is 29.2 Å². The van der Waals surface area contributed by atoms with E-state index in [4.69, 9.17) is 0 Å². The molecule has 1 heterocycles. The zero-order chi connectivity index (χ0) is 15.6. The summed E-state index contributed by atoms with van der Waals surface area (Å²) in [5.74, 6) is -1.01. The molecule has 1 amide bonds. The quantitative estimate of drug-likeness (QED) is 0.691. The fraction of sp³-hybridized carbons (Fsp3) is 0.167. The molecule has 0 spiro atoms. The molecule has 2 rings (SSSR count). The lowest BCUT2D eigenvalue weighted by Gasteiger charge is -2.08. The van der Waals surface area contributed by atoms with Crippen molar-refractivity contribution in [2.24, 2.45) is 7.05 Å². The van der Waals surface area contributed by atoms with Gasteiger partial charge in [0, 0.05) is 7.05 Å². The van der Waals surface area contributed by atoms with Crippen LogP contribution in [0.15, 0.2) is 35.4 Å². The third-order valence-corrected chi connectivity index (χ3v) is 4.28. The van der Waals surface area contributed by atoms with E-state index in [1.807, 2.05) is 10.3 Å². The molecule has 0 aliphatic carbocycles. The molecule has 0 aliphatic rings. The van der Waals surface area contributed by atoms with Gasteiger partial charge in [0.25, 0.3) is 15.9 Å². The Bertz CT molecular complexity index is 782. The lowest BCUT2D eigenvalue weighted by atomic mass is 10.2. The Morgan fingerprint density at radius 3 is 2.57 bits per heavy atom. The van der Waals surface area contributed by atoms with E-state index < -0.39 is 15.9 Å². The van der Waals surface area contributed by atoms with E-state index in [-0.39, 0.29) is 16.2 Å². The van der Waals surface area contributed by atoms with E-state index >= 15 is 0 Å². The zero-order valence-corrected chi connectivity index (χ0v) is 12.2. The zero-order valence-electron chi connectivity index (χ0n) is 11.4. The van der Waals surface area contributed by atoms with Gasteiger partial charge < -0.3 is 5.11 Å². The van der Waals surface area contributed by atoms with Crippen molar-refractivity contribution in [2.75, 3.05) is 0 Å². The van der Waals surface area contributed by atoms with Crippen molar-refractivity contribution < 1.29 is 18.3 Å². The smallest absolute Gasteiger partial charge is 0.269 e. The van der Waals surface area contributed by atoms with Crippen LogP contribution in [0.5, 0.6) is 5.75 Å². The predicted molar refractivity (Wildman–Crippen MR) is 73.8 cm³/mol. The van der Waals surface area contributed by atoms with Crippen molar-refractivity contribution in [3.05, 3.63) is 41.7 Å².